The van der Waals surface area contributed by atoms with Crippen LogP contribution in [0.2, 0.25) is 0 Å². The molecule has 0 spiro atoms. The molecule has 0 unspecified atom stereocenters. The third-order valence-electron chi connectivity index (χ3n) is 5.32. The summed E-state index contributed by atoms with van der Waals surface area (Å²) in [5, 5.41) is 30.7. The van der Waals surface area contributed by atoms with Gasteiger partial charge in [-0.2, -0.15) is 5.11 Å². The minimum absolute atomic E-state index is 0.0519. The van der Waals surface area contributed by atoms with Crippen LogP contribution in [-0.4, -0.2) is 34.8 Å². The first-order valence-electron chi connectivity index (χ1n) is 11.6. The van der Waals surface area contributed by atoms with Crippen molar-refractivity contribution in [3.8, 4) is 0 Å². The Balaban J connectivity index is 1.84. The van der Waals surface area contributed by atoms with Gasteiger partial charge in [0.25, 0.3) is 5.69 Å². The fraction of sp³-hybridized carbons (Fsp3) is 0.192. The molecule has 204 valence electrons. The number of nitro benzene ring substituents is 2. The van der Waals surface area contributed by atoms with Gasteiger partial charge in [0.1, 0.15) is 6.61 Å². The van der Waals surface area contributed by atoms with E-state index in [1.807, 2.05) is 35.2 Å². The monoisotopic (exact) mass is 562 g/mol. The van der Waals surface area contributed by atoms with Gasteiger partial charge in [0.05, 0.1) is 28.0 Å². The number of hydrogen-bond acceptors (Lipinski definition) is 11. The third kappa shape index (κ3) is 8.43. The van der Waals surface area contributed by atoms with Gasteiger partial charge in [0, 0.05) is 24.8 Å². The molecule has 40 heavy (non-hydrogen) atoms. The second kappa shape index (κ2) is 14.1. The second-order valence-corrected chi connectivity index (χ2v) is 9.05. The molecule has 3 aromatic rings. The normalized spacial score (nSPS) is 10.6. The number of carbonyl (C=O) groups excluding carboxylic acids is 2. The van der Waals surface area contributed by atoms with Crippen LogP contribution in [0.4, 0.5) is 28.4 Å². The van der Waals surface area contributed by atoms with E-state index in [2.05, 4.69) is 14.5 Å². The van der Waals surface area contributed by atoms with E-state index < -0.39 is 27.2 Å². The Bertz CT molecular complexity index is 1470. The highest BCUT2D eigenvalue weighted by atomic mass is 32.2. The summed E-state index contributed by atoms with van der Waals surface area (Å²) in [6, 6.07) is 18.2. The standard InChI is InChI=1S/C26H22N6O7S/c1-18(33)17-39-26(34)12-13-30(16-19-6-4-3-5-7-19)21-10-8-20(9-11-21)28-29-22-14-25(40-27-2)24(32(37)38)15-23(22)31(35)36/h3-11,14-15H,12-13,16-17H2,1H3. The summed E-state index contributed by atoms with van der Waals surface area (Å²) in [6.07, 6.45) is 0.0519. The topological polar surface area (TPSA) is 162 Å². The van der Waals surface area contributed by atoms with Crippen molar-refractivity contribution in [3.05, 3.63) is 103 Å². The summed E-state index contributed by atoms with van der Waals surface area (Å²) in [5.41, 5.74) is 0.671. The van der Waals surface area contributed by atoms with Crippen molar-refractivity contribution < 1.29 is 24.2 Å². The SMILES string of the molecule is [C-]#[N+]Sc1cc(N=Nc2ccc(N(CCC(=O)OCC(C)=O)Cc3ccccc3)cc2)c([N+](=O)[O-])cc1[N+](=O)[O-]. The van der Waals surface area contributed by atoms with Crippen molar-refractivity contribution >= 4 is 52.1 Å². The van der Waals surface area contributed by atoms with Gasteiger partial charge in [0.2, 0.25) is 0 Å². The lowest BCUT2D eigenvalue weighted by molar-refractivity contribution is -0.395. The van der Waals surface area contributed by atoms with Gasteiger partial charge in [-0.15, -0.1) is 5.11 Å². The van der Waals surface area contributed by atoms with Crippen LogP contribution in [0.1, 0.15) is 18.9 Å². The molecule has 0 aliphatic rings. The molecule has 0 amide bonds. The van der Waals surface area contributed by atoms with Crippen molar-refractivity contribution in [1.29, 1.82) is 0 Å². The maximum Gasteiger partial charge on any atom is 0.308 e. The quantitative estimate of drug-likeness (QED) is 0.0575. The summed E-state index contributed by atoms with van der Waals surface area (Å²) >= 11 is 0.474. The van der Waals surface area contributed by atoms with Crippen LogP contribution in [-0.2, 0) is 20.9 Å². The molecule has 0 aromatic heterocycles. The molecule has 13 nitrogen and oxygen atoms in total. The second-order valence-electron chi connectivity index (χ2n) is 8.24. The van der Waals surface area contributed by atoms with E-state index in [9.17, 15) is 29.8 Å². The van der Waals surface area contributed by atoms with E-state index in [4.69, 9.17) is 11.3 Å². The fourth-order valence-electron chi connectivity index (χ4n) is 3.46. The van der Waals surface area contributed by atoms with Gasteiger partial charge in [-0.3, -0.25) is 29.8 Å². The van der Waals surface area contributed by atoms with E-state index in [1.165, 1.54) is 6.92 Å². The van der Waals surface area contributed by atoms with E-state index in [1.54, 1.807) is 24.3 Å². The molecule has 0 saturated carbocycles. The van der Waals surface area contributed by atoms with Crippen molar-refractivity contribution in [1.82, 2.24) is 0 Å². The van der Waals surface area contributed by atoms with Crippen LogP contribution in [0.5, 0.6) is 0 Å². The molecule has 0 aliphatic heterocycles. The van der Waals surface area contributed by atoms with Crippen molar-refractivity contribution in [2.75, 3.05) is 18.1 Å². The van der Waals surface area contributed by atoms with Crippen LogP contribution in [0.3, 0.4) is 0 Å². The molecule has 0 aliphatic carbocycles. The number of ketones is 1. The minimum atomic E-state index is -0.806. The maximum atomic E-state index is 12.1. The molecule has 14 heteroatoms. The lowest BCUT2D eigenvalue weighted by Crippen LogP contribution is -2.26. The molecular formula is C26H22N6O7S. The highest BCUT2D eigenvalue weighted by molar-refractivity contribution is 8.01. The highest BCUT2D eigenvalue weighted by Gasteiger charge is 2.27. The Kier molecular flexibility index (Phi) is 10.4. The maximum absolute atomic E-state index is 12.1. The molecule has 0 fully saturated rings. The summed E-state index contributed by atoms with van der Waals surface area (Å²) in [7, 11) is 0. The molecule has 0 radical (unpaired) electrons. The van der Waals surface area contributed by atoms with Crippen LogP contribution in [0.25, 0.3) is 4.25 Å². The van der Waals surface area contributed by atoms with Crippen LogP contribution < -0.4 is 4.90 Å². The van der Waals surface area contributed by atoms with Gasteiger partial charge in [-0.05, 0) is 36.8 Å². The number of nitro groups is 2. The fourth-order valence-corrected chi connectivity index (χ4v) is 3.95. The van der Waals surface area contributed by atoms with Gasteiger partial charge in [0.15, 0.2) is 16.4 Å². The van der Waals surface area contributed by atoms with Gasteiger partial charge < -0.3 is 9.64 Å². The molecule has 3 rings (SSSR count). The zero-order valence-corrected chi connectivity index (χ0v) is 21.9. The van der Waals surface area contributed by atoms with E-state index in [-0.39, 0.29) is 29.4 Å². The molecule has 0 N–H and O–H groups in total. The number of ether oxygens (including phenoxy) is 1. The first-order valence-corrected chi connectivity index (χ1v) is 12.4. The molecule has 0 heterocycles. The average molecular weight is 563 g/mol. The Morgan fingerprint density at radius 2 is 1.68 bits per heavy atom. The first kappa shape index (κ1) is 29.4. The van der Waals surface area contributed by atoms with Crippen molar-refractivity contribution in [2.24, 2.45) is 10.2 Å². The number of benzene rings is 3. The highest BCUT2D eigenvalue weighted by Crippen LogP contribution is 2.40. The summed E-state index contributed by atoms with van der Waals surface area (Å²) in [5.74, 6) is -0.751. The Morgan fingerprint density at radius 1 is 1.00 bits per heavy atom. The molecule has 0 saturated heterocycles. The van der Waals surface area contributed by atoms with E-state index in [0.29, 0.717) is 30.7 Å². The largest absolute Gasteiger partial charge is 0.458 e. The first-order chi connectivity index (χ1) is 19.2. The lowest BCUT2D eigenvalue weighted by Gasteiger charge is -2.25. The van der Waals surface area contributed by atoms with Crippen LogP contribution >= 0.6 is 11.9 Å². The lowest BCUT2D eigenvalue weighted by atomic mass is 10.2. The zero-order chi connectivity index (χ0) is 29.1. The molecule has 0 bridgehead atoms. The van der Waals surface area contributed by atoms with Gasteiger partial charge in [-0.1, -0.05) is 30.3 Å². The van der Waals surface area contributed by atoms with Crippen LogP contribution in [0.15, 0.2) is 81.9 Å². The number of carbonyl (C=O) groups is 2. The predicted molar refractivity (Wildman–Crippen MR) is 147 cm³/mol. The number of rotatable bonds is 13. The summed E-state index contributed by atoms with van der Waals surface area (Å²) < 4.78 is 8.01. The molecule has 0 atom stereocenters. The van der Waals surface area contributed by atoms with Crippen molar-refractivity contribution in [2.45, 2.75) is 24.8 Å². The number of anilines is 1. The smallest absolute Gasteiger partial charge is 0.308 e. The molecule has 3 aromatic carbocycles. The number of hydrogen-bond donors (Lipinski definition) is 0. The summed E-state index contributed by atoms with van der Waals surface area (Å²) in [4.78, 5) is 46.2. The van der Waals surface area contributed by atoms with Gasteiger partial charge in [-0.25, -0.2) is 10.8 Å². The van der Waals surface area contributed by atoms with Gasteiger partial charge >= 0.3 is 23.6 Å². The average Bonchev–Trinajstić information content (AvgIpc) is 2.93. The Labute approximate surface area is 232 Å². The Morgan fingerprint density at radius 3 is 2.27 bits per heavy atom. The number of Topliss-reactive ketones (excluding diaryl/α,β-unsaturated/α-hetero) is 1. The molecular weight excluding hydrogens is 540 g/mol. The minimum Gasteiger partial charge on any atom is -0.458 e. The van der Waals surface area contributed by atoms with E-state index in [0.717, 1.165) is 23.4 Å². The third-order valence-corrected chi connectivity index (χ3v) is 5.94. The number of esters is 1. The zero-order valence-electron chi connectivity index (χ0n) is 21.1. The number of nitrogens with zero attached hydrogens (tertiary/aromatic N) is 6. The van der Waals surface area contributed by atoms with E-state index >= 15 is 0 Å². The Hall–Kier alpha value is -5.16. The number of azo groups is 1. The van der Waals surface area contributed by atoms with Crippen molar-refractivity contribution in [3.63, 3.8) is 0 Å². The summed E-state index contributed by atoms with van der Waals surface area (Å²) in [6.45, 7) is 8.82. The predicted octanol–water partition coefficient (Wildman–Crippen LogP) is 6.37. The van der Waals surface area contributed by atoms with Crippen LogP contribution in [0, 0.1) is 26.8 Å².